The second-order valence-electron chi connectivity index (χ2n) is 8.93. The van der Waals surface area contributed by atoms with E-state index in [4.69, 9.17) is 9.51 Å². The second kappa shape index (κ2) is 7.96. The van der Waals surface area contributed by atoms with Crippen molar-refractivity contribution in [1.29, 1.82) is 0 Å². The lowest BCUT2D eigenvalue weighted by molar-refractivity contribution is 0.0873. The molecule has 4 aromatic rings. The van der Waals surface area contributed by atoms with Crippen LogP contribution in [0.3, 0.4) is 0 Å². The van der Waals surface area contributed by atoms with E-state index in [2.05, 4.69) is 11.2 Å². The fraction of sp³-hybridized carbons (Fsp3) is 0.400. The van der Waals surface area contributed by atoms with E-state index >= 15 is 4.39 Å². The van der Waals surface area contributed by atoms with E-state index in [1.807, 2.05) is 42.3 Å². The van der Waals surface area contributed by atoms with Crippen LogP contribution in [0.5, 0.6) is 0 Å². The molecule has 0 aliphatic heterocycles. The molecule has 5 nitrogen and oxygen atoms in total. The number of thiophene rings is 1. The van der Waals surface area contributed by atoms with Crippen LogP contribution in [0.2, 0.25) is 0 Å². The van der Waals surface area contributed by atoms with Crippen molar-refractivity contribution in [3.63, 3.8) is 0 Å². The number of aryl methyl sites for hydroxylation is 2. The number of carbonyl (C=O) groups excluding carboxylic acids is 1. The van der Waals surface area contributed by atoms with E-state index < -0.39 is 5.67 Å². The van der Waals surface area contributed by atoms with Crippen molar-refractivity contribution in [2.75, 3.05) is 0 Å². The van der Waals surface area contributed by atoms with Crippen molar-refractivity contribution in [3.05, 3.63) is 46.2 Å². The maximum atomic E-state index is 15.7. The minimum Gasteiger partial charge on any atom is -0.361 e. The van der Waals surface area contributed by atoms with Gasteiger partial charge in [-0.15, -0.1) is 11.3 Å². The molecular formula is C25H26FN3O2S. The molecule has 0 spiro atoms. The number of fused-ring (bicyclic) bond motifs is 1. The van der Waals surface area contributed by atoms with Crippen LogP contribution in [-0.4, -0.2) is 26.2 Å². The van der Waals surface area contributed by atoms with Crippen molar-refractivity contribution in [1.82, 2.24) is 14.7 Å². The van der Waals surface area contributed by atoms with Gasteiger partial charge in [-0.2, -0.15) is 0 Å². The lowest BCUT2D eigenvalue weighted by atomic mass is 9.86. The number of alkyl halides is 1. The second-order valence-corrected chi connectivity index (χ2v) is 9.84. The Kier molecular flexibility index (Phi) is 5.24. The van der Waals surface area contributed by atoms with Gasteiger partial charge in [-0.25, -0.2) is 4.39 Å². The van der Waals surface area contributed by atoms with Crippen LogP contribution < -0.4 is 0 Å². The summed E-state index contributed by atoms with van der Waals surface area (Å²) in [4.78, 5) is 17.3. The Morgan fingerprint density at radius 2 is 2.00 bits per heavy atom. The first-order valence-electron chi connectivity index (χ1n) is 11.1. The van der Waals surface area contributed by atoms with Gasteiger partial charge in [-0.05, 0) is 56.7 Å². The minimum atomic E-state index is -1.21. The van der Waals surface area contributed by atoms with Gasteiger partial charge in [0, 0.05) is 29.1 Å². The summed E-state index contributed by atoms with van der Waals surface area (Å²) in [6.07, 6.45) is 7.96. The quantitative estimate of drug-likeness (QED) is 0.309. The van der Waals surface area contributed by atoms with Gasteiger partial charge in [0.2, 0.25) is 0 Å². The Morgan fingerprint density at radius 3 is 2.66 bits per heavy atom. The number of pyridine rings is 1. The van der Waals surface area contributed by atoms with Gasteiger partial charge >= 0.3 is 0 Å². The minimum absolute atomic E-state index is 0.0450. The third kappa shape index (κ3) is 3.68. The van der Waals surface area contributed by atoms with E-state index in [0.717, 1.165) is 64.0 Å². The molecule has 0 atom stereocenters. The Labute approximate surface area is 190 Å². The molecule has 0 aromatic carbocycles. The predicted octanol–water partition coefficient (Wildman–Crippen LogP) is 6.91. The van der Waals surface area contributed by atoms with E-state index in [1.165, 1.54) is 11.3 Å². The number of hydrogen-bond donors (Lipinski definition) is 0. The van der Waals surface area contributed by atoms with Crippen LogP contribution in [0, 0.1) is 13.8 Å². The largest absolute Gasteiger partial charge is 0.361 e. The SMILES string of the molecule is CC(=O)c1cc(-c2cn(CC3(F)CCCCC3)c3cc(-c4c(C)noc4C)cnc23)cs1. The van der Waals surface area contributed by atoms with Crippen molar-refractivity contribution in [3.8, 4) is 22.3 Å². The molecule has 7 heteroatoms. The average Bonchev–Trinajstić information content (AvgIpc) is 3.46. The van der Waals surface area contributed by atoms with E-state index in [1.54, 1.807) is 6.92 Å². The maximum absolute atomic E-state index is 15.7. The molecule has 0 saturated heterocycles. The third-order valence-corrected chi connectivity index (χ3v) is 7.53. The van der Waals surface area contributed by atoms with E-state index in [0.29, 0.717) is 24.3 Å². The monoisotopic (exact) mass is 451 g/mol. The van der Waals surface area contributed by atoms with E-state index in [9.17, 15) is 4.79 Å². The smallest absolute Gasteiger partial charge is 0.169 e. The predicted molar refractivity (Wildman–Crippen MR) is 125 cm³/mol. The summed E-state index contributed by atoms with van der Waals surface area (Å²) in [5.74, 6) is 0.781. The highest BCUT2D eigenvalue weighted by Gasteiger charge is 2.33. The van der Waals surface area contributed by atoms with Crippen molar-refractivity contribution < 1.29 is 13.7 Å². The first-order chi connectivity index (χ1) is 15.3. The number of Topliss-reactive ketones (excluding diaryl/α,β-unsaturated/α-hetero) is 1. The van der Waals surface area contributed by atoms with Crippen LogP contribution in [0.25, 0.3) is 33.3 Å². The van der Waals surface area contributed by atoms with Crippen molar-refractivity contribution in [2.24, 2.45) is 0 Å². The summed E-state index contributed by atoms with van der Waals surface area (Å²) in [7, 11) is 0. The summed E-state index contributed by atoms with van der Waals surface area (Å²) < 4.78 is 23.1. The topological polar surface area (TPSA) is 60.9 Å². The highest BCUT2D eigenvalue weighted by Crippen LogP contribution is 2.39. The molecule has 0 N–H and O–H groups in total. The van der Waals surface area contributed by atoms with Crippen molar-refractivity contribution in [2.45, 2.75) is 65.1 Å². The summed E-state index contributed by atoms with van der Waals surface area (Å²) in [5.41, 5.74) is 5.00. The highest BCUT2D eigenvalue weighted by molar-refractivity contribution is 7.12. The summed E-state index contributed by atoms with van der Waals surface area (Å²) in [6, 6.07) is 3.96. The molecule has 4 aromatic heterocycles. The van der Waals surface area contributed by atoms with Gasteiger partial charge in [0.25, 0.3) is 0 Å². The van der Waals surface area contributed by atoms with Gasteiger partial charge < -0.3 is 9.09 Å². The van der Waals surface area contributed by atoms with Crippen LogP contribution in [0.1, 0.15) is 60.2 Å². The van der Waals surface area contributed by atoms with Crippen LogP contribution in [0.15, 0.2) is 34.4 Å². The number of halogens is 1. The average molecular weight is 452 g/mol. The number of hydrogen-bond acceptors (Lipinski definition) is 5. The molecule has 0 amide bonds. The normalized spacial score (nSPS) is 16.0. The molecule has 1 aliphatic carbocycles. The molecule has 1 saturated carbocycles. The maximum Gasteiger partial charge on any atom is 0.169 e. The highest BCUT2D eigenvalue weighted by atomic mass is 32.1. The van der Waals surface area contributed by atoms with Gasteiger partial charge in [0.15, 0.2) is 5.78 Å². The fourth-order valence-electron chi connectivity index (χ4n) is 4.85. The fourth-order valence-corrected chi connectivity index (χ4v) is 5.66. The molecule has 166 valence electrons. The number of ketones is 1. The summed E-state index contributed by atoms with van der Waals surface area (Å²) in [6.45, 7) is 5.67. The van der Waals surface area contributed by atoms with Crippen molar-refractivity contribution >= 4 is 28.2 Å². The standard InChI is InChI=1S/C25H26FN3O2S/c1-15-23(17(3)31-28-15)18-9-21-24(27-11-18)20(19-10-22(16(2)30)32-13-19)12-29(21)14-25(26)7-5-4-6-8-25/h9-13H,4-8,14H2,1-3H3. The van der Waals surface area contributed by atoms with Gasteiger partial charge in [-0.3, -0.25) is 9.78 Å². The first-order valence-corrected chi connectivity index (χ1v) is 11.9. The van der Waals surface area contributed by atoms with E-state index in [-0.39, 0.29) is 5.78 Å². The molecule has 5 rings (SSSR count). The Bertz CT molecular complexity index is 1290. The molecule has 1 fully saturated rings. The molecule has 0 radical (unpaired) electrons. The number of aromatic nitrogens is 3. The Balaban J connectivity index is 1.66. The first kappa shape index (κ1) is 21.1. The van der Waals surface area contributed by atoms with Gasteiger partial charge in [-0.1, -0.05) is 24.4 Å². The number of rotatable bonds is 5. The third-order valence-electron chi connectivity index (χ3n) is 6.50. The molecule has 4 heterocycles. The van der Waals surface area contributed by atoms with Crippen LogP contribution in [-0.2, 0) is 6.54 Å². The van der Waals surface area contributed by atoms with Crippen LogP contribution in [0.4, 0.5) is 4.39 Å². The van der Waals surface area contributed by atoms with Gasteiger partial charge in [0.05, 0.1) is 28.1 Å². The lowest BCUT2D eigenvalue weighted by Crippen LogP contribution is -2.31. The molecular weight excluding hydrogens is 425 g/mol. The zero-order valence-corrected chi connectivity index (χ0v) is 19.4. The van der Waals surface area contributed by atoms with Gasteiger partial charge in [0.1, 0.15) is 11.4 Å². The molecule has 1 aliphatic rings. The summed E-state index contributed by atoms with van der Waals surface area (Å²) >= 11 is 1.43. The molecule has 0 unspecified atom stereocenters. The number of nitrogens with zero attached hydrogens (tertiary/aromatic N) is 3. The Morgan fingerprint density at radius 1 is 1.22 bits per heavy atom. The molecule has 0 bridgehead atoms. The zero-order valence-electron chi connectivity index (χ0n) is 18.6. The number of carbonyl (C=O) groups is 1. The zero-order chi connectivity index (χ0) is 22.5. The molecule has 32 heavy (non-hydrogen) atoms. The Hall–Kier alpha value is -2.80. The lowest BCUT2D eigenvalue weighted by Gasteiger charge is -2.30. The summed E-state index contributed by atoms with van der Waals surface area (Å²) in [5, 5.41) is 6.05. The van der Waals surface area contributed by atoms with Crippen LogP contribution >= 0.6 is 11.3 Å².